The number of imidazole rings is 1. The molecule has 0 spiro atoms. The molecule has 0 radical (unpaired) electrons. The molecule has 0 saturated heterocycles. The first kappa shape index (κ1) is 16.8. The van der Waals surface area contributed by atoms with Crippen LogP contribution in [0.25, 0.3) is 16.5 Å². The smallest absolute Gasteiger partial charge is 0.236 e. The first-order valence-corrected chi connectivity index (χ1v) is 9.57. The summed E-state index contributed by atoms with van der Waals surface area (Å²) in [4.78, 5) is 17.5. The summed E-state index contributed by atoms with van der Waals surface area (Å²) in [6.07, 6.45) is 1.96. The number of hydrogen-bond acceptors (Lipinski definition) is 8. The van der Waals surface area contributed by atoms with Gasteiger partial charge in [-0.05, 0) is 13.8 Å². The van der Waals surface area contributed by atoms with Crippen LogP contribution in [0, 0.1) is 13.8 Å². The molecule has 0 aliphatic carbocycles. The van der Waals surface area contributed by atoms with Gasteiger partial charge in [-0.3, -0.25) is 9.20 Å². The van der Waals surface area contributed by atoms with Gasteiger partial charge in [-0.15, -0.1) is 21.5 Å². The van der Waals surface area contributed by atoms with E-state index in [0.717, 1.165) is 16.3 Å². The fourth-order valence-corrected chi connectivity index (χ4v) is 4.02. The van der Waals surface area contributed by atoms with Crippen LogP contribution < -0.4 is 5.32 Å². The summed E-state index contributed by atoms with van der Waals surface area (Å²) >= 11 is 2.87. The zero-order chi connectivity index (χ0) is 18.3. The number of hydrogen-bond donors (Lipinski definition) is 1. The van der Waals surface area contributed by atoms with Gasteiger partial charge in [0.1, 0.15) is 11.5 Å². The second kappa shape index (κ2) is 6.57. The molecule has 1 amide bonds. The van der Waals surface area contributed by atoms with Gasteiger partial charge in [-0.25, -0.2) is 4.98 Å². The van der Waals surface area contributed by atoms with E-state index < -0.39 is 0 Å². The Balaban J connectivity index is 1.50. The van der Waals surface area contributed by atoms with Crippen LogP contribution in [0.5, 0.6) is 0 Å². The third kappa shape index (κ3) is 2.99. The van der Waals surface area contributed by atoms with E-state index in [1.165, 1.54) is 11.8 Å². The standard InChI is InChI=1S/C15H15N7O2S2/c1-8-6-10(20-24-8)17-11(23)7-26-15-19-18-13(21(15)3)12-9(2)16-14-22(12)4-5-25-14/h4-6H,7H2,1-3H3,(H,17,20,23). The highest BCUT2D eigenvalue weighted by Gasteiger charge is 2.19. The number of carbonyl (C=O) groups excluding carboxylic acids is 1. The van der Waals surface area contributed by atoms with Gasteiger partial charge in [0, 0.05) is 24.7 Å². The van der Waals surface area contributed by atoms with Crippen molar-refractivity contribution in [2.45, 2.75) is 19.0 Å². The number of aromatic nitrogens is 6. The number of rotatable bonds is 5. The lowest BCUT2D eigenvalue weighted by atomic mass is 10.3. The number of thioether (sulfide) groups is 1. The average molecular weight is 389 g/mol. The summed E-state index contributed by atoms with van der Waals surface area (Å²) in [5.41, 5.74) is 1.80. The highest BCUT2D eigenvalue weighted by molar-refractivity contribution is 7.99. The van der Waals surface area contributed by atoms with Crippen molar-refractivity contribution in [1.29, 1.82) is 0 Å². The average Bonchev–Trinajstić information content (AvgIpc) is 3.33. The van der Waals surface area contributed by atoms with Crippen molar-refractivity contribution in [2.24, 2.45) is 7.05 Å². The molecule has 11 heteroatoms. The monoisotopic (exact) mass is 389 g/mol. The Bertz CT molecular complexity index is 1090. The maximum Gasteiger partial charge on any atom is 0.236 e. The fraction of sp³-hybridized carbons (Fsp3) is 0.267. The van der Waals surface area contributed by atoms with Gasteiger partial charge >= 0.3 is 0 Å². The first-order valence-electron chi connectivity index (χ1n) is 7.71. The summed E-state index contributed by atoms with van der Waals surface area (Å²) in [7, 11) is 1.88. The van der Waals surface area contributed by atoms with E-state index in [-0.39, 0.29) is 11.7 Å². The minimum absolute atomic E-state index is 0.186. The van der Waals surface area contributed by atoms with Gasteiger partial charge in [0.15, 0.2) is 21.8 Å². The predicted molar refractivity (Wildman–Crippen MR) is 98.4 cm³/mol. The molecule has 9 nitrogen and oxygen atoms in total. The largest absolute Gasteiger partial charge is 0.360 e. The summed E-state index contributed by atoms with van der Waals surface area (Å²) in [5, 5.41) is 17.6. The van der Waals surface area contributed by atoms with E-state index >= 15 is 0 Å². The third-order valence-electron chi connectivity index (χ3n) is 3.71. The molecule has 0 aliphatic heterocycles. The molecular formula is C15H15N7O2S2. The van der Waals surface area contributed by atoms with E-state index in [2.05, 4.69) is 25.7 Å². The van der Waals surface area contributed by atoms with Crippen LogP contribution in [0.2, 0.25) is 0 Å². The van der Waals surface area contributed by atoms with Crippen molar-refractivity contribution in [2.75, 3.05) is 11.1 Å². The Hall–Kier alpha value is -2.66. The van der Waals surface area contributed by atoms with E-state index in [1.54, 1.807) is 24.3 Å². The van der Waals surface area contributed by atoms with Gasteiger partial charge in [0.2, 0.25) is 5.91 Å². The zero-order valence-corrected chi connectivity index (χ0v) is 15.9. The van der Waals surface area contributed by atoms with Gasteiger partial charge in [-0.1, -0.05) is 16.9 Å². The molecule has 0 bridgehead atoms. The zero-order valence-electron chi connectivity index (χ0n) is 14.3. The van der Waals surface area contributed by atoms with Gasteiger partial charge in [-0.2, -0.15) is 0 Å². The lowest BCUT2D eigenvalue weighted by molar-refractivity contribution is -0.113. The molecule has 4 rings (SSSR count). The van der Waals surface area contributed by atoms with Gasteiger partial charge < -0.3 is 14.4 Å². The molecule has 4 heterocycles. The van der Waals surface area contributed by atoms with E-state index in [4.69, 9.17) is 4.52 Å². The maximum absolute atomic E-state index is 12.1. The molecule has 0 unspecified atom stereocenters. The van der Waals surface area contributed by atoms with Crippen LogP contribution in [0.4, 0.5) is 5.82 Å². The fourth-order valence-electron chi connectivity index (χ4n) is 2.54. The third-order valence-corrected chi connectivity index (χ3v) is 5.49. The molecule has 26 heavy (non-hydrogen) atoms. The predicted octanol–water partition coefficient (Wildman–Crippen LogP) is 2.53. The molecule has 0 aliphatic rings. The minimum atomic E-state index is -0.186. The van der Waals surface area contributed by atoms with Crippen LogP contribution in [-0.4, -0.2) is 41.0 Å². The Labute approximate surface area is 156 Å². The second-order valence-electron chi connectivity index (χ2n) is 5.63. The van der Waals surface area contributed by atoms with Gasteiger partial charge in [0.05, 0.1) is 11.4 Å². The Morgan fingerprint density at radius 2 is 2.23 bits per heavy atom. The number of nitrogens with one attached hydrogen (secondary N) is 1. The summed E-state index contributed by atoms with van der Waals surface area (Å²) in [6.45, 7) is 3.71. The van der Waals surface area contributed by atoms with Gasteiger partial charge in [0.25, 0.3) is 0 Å². The number of anilines is 1. The summed E-state index contributed by atoms with van der Waals surface area (Å²) in [5.74, 6) is 1.76. The summed E-state index contributed by atoms with van der Waals surface area (Å²) in [6, 6.07) is 1.66. The van der Waals surface area contributed by atoms with E-state index in [0.29, 0.717) is 22.6 Å². The highest BCUT2D eigenvalue weighted by atomic mass is 32.2. The number of amides is 1. The van der Waals surface area contributed by atoms with Crippen molar-refractivity contribution in [1.82, 2.24) is 29.3 Å². The van der Waals surface area contributed by atoms with Crippen LogP contribution in [0.3, 0.4) is 0 Å². The Morgan fingerprint density at radius 3 is 3.00 bits per heavy atom. The molecular weight excluding hydrogens is 374 g/mol. The number of fused-ring (bicyclic) bond motifs is 1. The number of thiazole rings is 1. The SMILES string of the molecule is Cc1cc(NC(=O)CSc2nnc(-c3c(C)nc4sccn34)n2C)no1. The molecule has 0 atom stereocenters. The molecule has 4 aromatic heterocycles. The number of nitrogens with zero attached hydrogens (tertiary/aromatic N) is 6. The minimum Gasteiger partial charge on any atom is -0.360 e. The number of aryl methyl sites for hydroxylation is 2. The molecule has 4 aromatic rings. The van der Waals surface area contributed by atoms with Crippen molar-refractivity contribution in [3.63, 3.8) is 0 Å². The first-order chi connectivity index (χ1) is 12.5. The maximum atomic E-state index is 12.1. The van der Waals surface area contributed by atoms with Crippen molar-refractivity contribution >= 4 is 39.8 Å². The lowest BCUT2D eigenvalue weighted by Gasteiger charge is -2.04. The molecule has 1 N–H and O–H groups in total. The topological polar surface area (TPSA) is 103 Å². The number of carbonyl (C=O) groups is 1. The normalized spacial score (nSPS) is 11.3. The summed E-state index contributed by atoms with van der Waals surface area (Å²) < 4.78 is 8.79. The molecule has 134 valence electrons. The van der Waals surface area contributed by atoms with E-state index in [1.807, 2.05) is 34.5 Å². The lowest BCUT2D eigenvalue weighted by Crippen LogP contribution is -2.14. The second-order valence-corrected chi connectivity index (χ2v) is 7.44. The van der Waals surface area contributed by atoms with Crippen LogP contribution in [0.1, 0.15) is 11.5 Å². The van der Waals surface area contributed by atoms with Crippen LogP contribution >= 0.6 is 23.1 Å². The van der Waals surface area contributed by atoms with Crippen molar-refractivity contribution in [3.05, 3.63) is 29.1 Å². The van der Waals surface area contributed by atoms with Crippen LogP contribution in [0.15, 0.2) is 27.3 Å². The Morgan fingerprint density at radius 1 is 1.38 bits per heavy atom. The van der Waals surface area contributed by atoms with E-state index in [9.17, 15) is 4.79 Å². The Kier molecular flexibility index (Phi) is 4.24. The molecule has 0 fully saturated rings. The van der Waals surface area contributed by atoms with Crippen molar-refractivity contribution in [3.8, 4) is 11.5 Å². The van der Waals surface area contributed by atoms with Crippen LogP contribution in [-0.2, 0) is 11.8 Å². The van der Waals surface area contributed by atoms with Crippen molar-refractivity contribution < 1.29 is 9.32 Å². The molecule has 0 saturated carbocycles. The highest BCUT2D eigenvalue weighted by Crippen LogP contribution is 2.28. The molecule has 0 aromatic carbocycles. The quantitative estimate of drug-likeness (QED) is 0.523.